The molecule has 1 saturated carbocycles. The molecule has 0 aromatic heterocycles. The molecule has 2 aromatic rings. The van der Waals surface area contributed by atoms with Crippen LogP contribution in [0, 0.1) is 5.92 Å². The molecule has 0 bridgehead atoms. The highest BCUT2D eigenvalue weighted by Crippen LogP contribution is 2.49. The van der Waals surface area contributed by atoms with Crippen LogP contribution in [0.1, 0.15) is 30.5 Å². The van der Waals surface area contributed by atoms with Crippen molar-refractivity contribution in [2.24, 2.45) is 5.92 Å². The Labute approximate surface area is 139 Å². The third-order valence-corrected chi connectivity index (χ3v) is 4.21. The molecule has 1 aliphatic rings. The van der Waals surface area contributed by atoms with Crippen LogP contribution < -0.4 is 0 Å². The molecule has 0 heterocycles. The van der Waals surface area contributed by atoms with Crippen molar-refractivity contribution in [2.45, 2.75) is 31.9 Å². The van der Waals surface area contributed by atoms with E-state index in [4.69, 9.17) is 4.84 Å². The van der Waals surface area contributed by atoms with E-state index in [1.165, 1.54) is 5.06 Å². The highest BCUT2D eigenvalue weighted by Gasteiger charge is 2.63. The molecule has 3 rings (SSSR count). The van der Waals surface area contributed by atoms with Gasteiger partial charge in [0.15, 0.2) is 0 Å². The molecule has 0 amide bonds. The van der Waals surface area contributed by atoms with E-state index in [0.717, 1.165) is 11.1 Å². The van der Waals surface area contributed by atoms with E-state index >= 15 is 0 Å². The summed E-state index contributed by atoms with van der Waals surface area (Å²) in [5.41, 5.74) is 1.89. The van der Waals surface area contributed by atoms with Crippen LogP contribution in [0.2, 0.25) is 0 Å². The summed E-state index contributed by atoms with van der Waals surface area (Å²) in [6.45, 7) is 2.22. The number of hydroxylamine groups is 2. The molecule has 126 valence electrons. The van der Waals surface area contributed by atoms with Crippen LogP contribution in [0.5, 0.6) is 0 Å². The van der Waals surface area contributed by atoms with Gasteiger partial charge in [0.05, 0.1) is 12.6 Å². The molecule has 0 aliphatic heterocycles. The van der Waals surface area contributed by atoms with E-state index < -0.39 is 24.2 Å². The fraction of sp³-hybridized carbons (Fsp3) is 0.316. The molecule has 0 saturated heterocycles. The Morgan fingerprint density at radius 1 is 1.17 bits per heavy atom. The van der Waals surface area contributed by atoms with Crippen LogP contribution in [0.4, 0.5) is 8.78 Å². The summed E-state index contributed by atoms with van der Waals surface area (Å²) in [6.07, 6.45) is -0.426. The topological polar surface area (TPSA) is 29.5 Å². The molecule has 0 unspecified atom stereocenters. The molecule has 2 aromatic carbocycles. The second-order valence-corrected chi connectivity index (χ2v) is 6.08. The molecule has 3 nitrogen and oxygen atoms in total. The monoisotopic (exact) mass is 331 g/mol. The molecule has 1 aliphatic carbocycles. The Morgan fingerprint density at radius 3 is 2.25 bits per heavy atom. The zero-order valence-corrected chi connectivity index (χ0v) is 13.4. The molecule has 1 fully saturated rings. The fourth-order valence-corrected chi connectivity index (χ4v) is 2.56. The summed E-state index contributed by atoms with van der Waals surface area (Å²) in [5.74, 6) is -5.11. The molecular weight excluding hydrogens is 312 g/mol. The van der Waals surface area contributed by atoms with Gasteiger partial charge in [-0.25, -0.2) is 13.6 Å². The lowest BCUT2D eigenvalue weighted by Crippen LogP contribution is -2.31. The maximum atomic E-state index is 13.1. The minimum absolute atomic E-state index is 0.247. The Morgan fingerprint density at radius 2 is 1.71 bits per heavy atom. The highest BCUT2D eigenvalue weighted by molar-refractivity contribution is 5.76. The smallest absolute Gasteiger partial charge is 0.334 e. The zero-order chi connectivity index (χ0) is 17.2. The Bertz CT molecular complexity index is 691. The average molecular weight is 331 g/mol. The van der Waals surface area contributed by atoms with Crippen molar-refractivity contribution < 1.29 is 18.4 Å². The minimum Gasteiger partial charge on any atom is -0.366 e. The number of benzene rings is 2. The standard InChI is InChI=1S/C19H19F2NO2/c1-14(16-10-6-3-7-11-16)22(13-15-8-4-2-5-9-15)24-18(23)17-12-19(17,20)21/h2-11,14,17H,12-13H2,1H3/t14-,17+/m1/s1. The van der Waals surface area contributed by atoms with Crippen molar-refractivity contribution in [3.05, 3.63) is 71.8 Å². The Hall–Kier alpha value is -2.27. The number of nitrogens with zero attached hydrogens (tertiary/aromatic N) is 1. The normalized spacial score (nSPS) is 19.8. The summed E-state index contributed by atoms with van der Waals surface area (Å²) >= 11 is 0. The number of hydrogen-bond acceptors (Lipinski definition) is 3. The van der Waals surface area contributed by atoms with E-state index in [1.54, 1.807) is 0 Å². The largest absolute Gasteiger partial charge is 0.366 e. The number of carbonyl (C=O) groups excluding carboxylic acids is 1. The van der Waals surface area contributed by atoms with E-state index in [0.29, 0.717) is 6.54 Å². The fourth-order valence-electron chi connectivity index (χ4n) is 2.56. The second-order valence-electron chi connectivity index (χ2n) is 6.08. The first-order valence-electron chi connectivity index (χ1n) is 7.92. The van der Waals surface area contributed by atoms with Gasteiger partial charge in [0.25, 0.3) is 5.92 Å². The van der Waals surface area contributed by atoms with Gasteiger partial charge in [0.2, 0.25) is 0 Å². The maximum absolute atomic E-state index is 13.1. The van der Waals surface area contributed by atoms with Crippen LogP contribution in [-0.4, -0.2) is 17.0 Å². The lowest BCUT2D eigenvalue weighted by atomic mass is 10.1. The van der Waals surface area contributed by atoms with Gasteiger partial charge in [-0.1, -0.05) is 60.7 Å². The van der Waals surface area contributed by atoms with Gasteiger partial charge in [-0.2, -0.15) is 0 Å². The summed E-state index contributed by atoms with van der Waals surface area (Å²) in [5, 5.41) is 1.47. The third-order valence-electron chi connectivity index (χ3n) is 4.21. The van der Waals surface area contributed by atoms with E-state index in [-0.39, 0.29) is 6.04 Å². The molecule has 0 spiro atoms. The first-order chi connectivity index (χ1) is 11.5. The lowest BCUT2D eigenvalue weighted by molar-refractivity contribution is -0.209. The van der Waals surface area contributed by atoms with Crippen LogP contribution in [-0.2, 0) is 16.2 Å². The summed E-state index contributed by atoms with van der Waals surface area (Å²) < 4.78 is 26.3. The van der Waals surface area contributed by atoms with Gasteiger partial charge < -0.3 is 4.84 Å². The lowest BCUT2D eigenvalue weighted by Gasteiger charge is -2.28. The third kappa shape index (κ3) is 3.79. The van der Waals surface area contributed by atoms with Gasteiger partial charge in [0, 0.05) is 6.42 Å². The molecule has 5 heteroatoms. The minimum atomic E-state index is -2.93. The van der Waals surface area contributed by atoms with Gasteiger partial charge in [0.1, 0.15) is 5.92 Å². The van der Waals surface area contributed by atoms with Crippen LogP contribution >= 0.6 is 0 Å². The number of halogens is 2. The number of hydrogen-bond donors (Lipinski definition) is 0. The summed E-state index contributed by atoms with van der Waals surface area (Å²) in [4.78, 5) is 17.4. The quantitative estimate of drug-likeness (QED) is 0.737. The van der Waals surface area contributed by atoms with Crippen molar-refractivity contribution in [2.75, 3.05) is 0 Å². The van der Waals surface area contributed by atoms with E-state index in [2.05, 4.69) is 0 Å². The Balaban J connectivity index is 1.77. The maximum Gasteiger partial charge on any atom is 0.334 e. The molecule has 0 radical (unpaired) electrons. The van der Waals surface area contributed by atoms with Crippen molar-refractivity contribution in [3.63, 3.8) is 0 Å². The molecular formula is C19H19F2NO2. The molecule has 0 N–H and O–H groups in total. The molecule has 2 atom stereocenters. The average Bonchev–Trinajstić information content (AvgIpc) is 3.24. The first kappa shape index (κ1) is 16.6. The number of alkyl halides is 2. The highest BCUT2D eigenvalue weighted by atomic mass is 19.3. The van der Waals surface area contributed by atoms with Crippen LogP contribution in [0.3, 0.4) is 0 Å². The summed E-state index contributed by atoms with van der Waals surface area (Å²) in [6, 6.07) is 18.8. The van der Waals surface area contributed by atoms with Crippen molar-refractivity contribution in [3.8, 4) is 0 Å². The SMILES string of the molecule is C[C@H](c1ccccc1)N(Cc1ccccc1)OC(=O)[C@@H]1CC1(F)F. The number of carbonyl (C=O) groups is 1. The predicted molar refractivity (Wildman–Crippen MR) is 86.0 cm³/mol. The first-order valence-corrected chi connectivity index (χ1v) is 7.92. The van der Waals surface area contributed by atoms with Crippen molar-refractivity contribution in [1.29, 1.82) is 0 Å². The van der Waals surface area contributed by atoms with Crippen molar-refractivity contribution in [1.82, 2.24) is 5.06 Å². The number of rotatable bonds is 6. The van der Waals surface area contributed by atoms with Gasteiger partial charge in [-0.3, -0.25) is 0 Å². The van der Waals surface area contributed by atoms with Gasteiger partial charge in [-0.15, -0.1) is 5.06 Å². The van der Waals surface area contributed by atoms with Crippen LogP contribution in [0.15, 0.2) is 60.7 Å². The zero-order valence-electron chi connectivity index (χ0n) is 13.4. The van der Waals surface area contributed by atoms with E-state index in [9.17, 15) is 13.6 Å². The van der Waals surface area contributed by atoms with E-state index in [1.807, 2.05) is 67.6 Å². The Kier molecular flexibility index (Phi) is 4.62. The predicted octanol–water partition coefficient (Wildman–Crippen LogP) is 4.36. The van der Waals surface area contributed by atoms with Gasteiger partial charge in [-0.05, 0) is 18.1 Å². The van der Waals surface area contributed by atoms with Crippen molar-refractivity contribution >= 4 is 5.97 Å². The second kappa shape index (κ2) is 6.69. The summed E-state index contributed by atoms with van der Waals surface area (Å²) in [7, 11) is 0. The molecule has 24 heavy (non-hydrogen) atoms. The van der Waals surface area contributed by atoms with Gasteiger partial charge >= 0.3 is 5.97 Å². The van der Waals surface area contributed by atoms with Crippen LogP contribution in [0.25, 0.3) is 0 Å².